The summed E-state index contributed by atoms with van der Waals surface area (Å²) < 4.78 is 5.10. The first-order chi connectivity index (χ1) is 7.59. The van der Waals surface area contributed by atoms with Gasteiger partial charge in [-0.25, -0.2) is 4.79 Å². The minimum Gasteiger partial charge on any atom is -0.461 e. The number of hydrogen-bond donors (Lipinski definition) is 0. The number of carbonyl (C=O) groups excluding carboxylic acids is 1. The van der Waals surface area contributed by atoms with Gasteiger partial charge < -0.3 is 4.74 Å². The maximum atomic E-state index is 11.2. The van der Waals surface area contributed by atoms with Gasteiger partial charge in [0.15, 0.2) is 0 Å². The van der Waals surface area contributed by atoms with Gasteiger partial charge in [-0.3, -0.25) is 4.90 Å². The van der Waals surface area contributed by atoms with Gasteiger partial charge >= 0.3 is 5.97 Å². The van der Waals surface area contributed by atoms with E-state index in [-0.39, 0.29) is 5.97 Å². The summed E-state index contributed by atoms with van der Waals surface area (Å²) in [7, 11) is 0. The van der Waals surface area contributed by atoms with E-state index in [2.05, 4.69) is 18.4 Å². The summed E-state index contributed by atoms with van der Waals surface area (Å²) in [5.41, 5.74) is 0.476. The van der Waals surface area contributed by atoms with E-state index in [1.807, 2.05) is 0 Å². The van der Waals surface area contributed by atoms with E-state index in [9.17, 15) is 4.79 Å². The standard InChI is InChI=1S/C13H23NO2/c1-11(2)13(15)16-9-8-14-7-5-4-6-12(3)10-14/h12H,1,4-10H2,2-3H3/t12-/m0/s1. The van der Waals surface area contributed by atoms with Crippen LogP contribution in [0.25, 0.3) is 0 Å². The van der Waals surface area contributed by atoms with Crippen molar-refractivity contribution in [1.29, 1.82) is 0 Å². The van der Waals surface area contributed by atoms with Crippen molar-refractivity contribution in [2.45, 2.75) is 33.1 Å². The number of hydrogen-bond acceptors (Lipinski definition) is 3. The summed E-state index contributed by atoms with van der Waals surface area (Å²) in [5, 5.41) is 0. The van der Waals surface area contributed by atoms with Crippen LogP contribution in [0.5, 0.6) is 0 Å². The van der Waals surface area contributed by atoms with Crippen molar-refractivity contribution >= 4 is 5.97 Å². The molecule has 0 aromatic heterocycles. The third-order valence-corrected chi connectivity index (χ3v) is 2.98. The van der Waals surface area contributed by atoms with Crippen LogP contribution in [-0.2, 0) is 9.53 Å². The van der Waals surface area contributed by atoms with Crippen LogP contribution in [0.15, 0.2) is 12.2 Å². The molecule has 1 aliphatic rings. The molecule has 0 spiro atoms. The molecule has 0 bridgehead atoms. The zero-order valence-electron chi connectivity index (χ0n) is 10.5. The number of likely N-dealkylation sites (tertiary alicyclic amines) is 1. The Kier molecular flexibility index (Phi) is 5.53. The molecule has 0 aliphatic carbocycles. The largest absolute Gasteiger partial charge is 0.461 e. The molecule has 1 fully saturated rings. The minimum absolute atomic E-state index is 0.275. The molecular weight excluding hydrogens is 202 g/mol. The Morgan fingerprint density at radius 3 is 2.94 bits per heavy atom. The lowest BCUT2D eigenvalue weighted by atomic mass is 10.1. The van der Waals surface area contributed by atoms with Crippen LogP contribution in [0.1, 0.15) is 33.1 Å². The van der Waals surface area contributed by atoms with E-state index >= 15 is 0 Å². The van der Waals surface area contributed by atoms with Crippen LogP contribution in [0.2, 0.25) is 0 Å². The smallest absolute Gasteiger partial charge is 0.333 e. The summed E-state index contributed by atoms with van der Waals surface area (Å²) in [6, 6.07) is 0. The predicted molar refractivity (Wildman–Crippen MR) is 65.2 cm³/mol. The van der Waals surface area contributed by atoms with Gasteiger partial charge in [-0.2, -0.15) is 0 Å². The highest BCUT2D eigenvalue weighted by molar-refractivity contribution is 5.86. The fourth-order valence-electron chi connectivity index (χ4n) is 2.05. The van der Waals surface area contributed by atoms with E-state index in [4.69, 9.17) is 4.74 Å². The van der Waals surface area contributed by atoms with Gasteiger partial charge in [-0.1, -0.05) is 19.9 Å². The SMILES string of the molecule is C=C(C)C(=O)OCCN1CCCC[C@H](C)C1. The van der Waals surface area contributed by atoms with Crippen molar-refractivity contribution in [1.82, 2.24) is 4.90 Å². The molecule has 3 heteroatoms. The third-order valence-electron chi connectivity index (χ3n) is 2.98. The molecule has 1 rings (SSSR count). The second-order valence-electron chi connectivity index (χ2n) is 4.82. The number of nitrogens with zero attached hydrogens (tertiary/aromatic N) is 1. The van der Waals surface area contributed by atoms with Crippen LogP contribution < -0.4 is 0 Å². The number of esters is 1. The maximum absolute atomic E-state index is 11.2. The first kappa shape index (κ1) is 13.2. The summed E-state index contributed by atoms with van der Waals surface area (Å²) in [4.78, 5) is 13.6. The number of rotatable bonds is 4. The van der Waals surface area contributed by atoms with E-state index in [0.29, 0.717) is 12.2 Å². The fraction of sp³-hybridized carbons (Fsp3) is 0.769. The van der Waals surface area contributed by atoms with Gasteiger partial charge in [-0.15, -0.1) is 0 Å². The Hall–Kier alpha value is -0.830. The summed E-state index contributed by atoms with van der Waals surface area (Å²) in [5.74, 6) is 0.488. The Morgan fingerprint density at radius 2 is 2.25 bits per heavy atom. The van der Waals surface area contributed by atoms with Gasteiger partial charge in [0.25, 0.3) is 0 Å². The van der Waals surface area contributed by atoms with Crippen LogP contribution in [0.4, 0.5) is 0 Å². The van der Waals surface area contributed by atoms with E-state index in [1.54, 1.807) is 6.92 Å². The highest BCUT2D eigenvalue weighted by Gasteiger charge is 2.14. The predicted octanol–water partition coefficient (Wildman–Crippen LogP) is 2.23. The Bertz CT molecular complexity index is 250. The molecule has 1 heterocycles. The summed E-state index contributed by atoms with van der Waals surface area (Å²) in [6.07, 6.45) is 3.91. The van der Waals surface area contributed by atoms with Crippen LogP contribution >= 0.6 is 0 Å². The second-order valence-corrected chi connectivity index (χ2v) is 4.82. The highest BCUT2D eigenvalue weighted by Crippen LogP contribution is 2.15. The molecule has 1 saturated heterocycles. The molecule has 1 aliphatic heterocycles. The molecule has 3 nitrogen and oxygen atoms in total. The summed E-state index contributed by atoms with van der Waals surface area (Å²) in [6.45, 7) is 11.1. The topological polar surface area (TPSA) is 29.5 Å². The molecule has 0 saturated carbocycles. The van der Waals surface area contributed by atoms with Crippen molar-refractivity contribution < 1.29 is 9.53 Å². The van der Waals surface area contributed by atoms with Gasteiger partial charge in [0, 0.05) is 18.7 Å². The minimum atomic E-state index is -0.275. The average Bonchev–Trinajstić information content (AvgIpc) is 2.42. The number of carbonyl (C=O) groups is 1. The Morgan fingerprint density at radius 1 is 1.50 bits per heavy atom. The fourth-order valence-corrected chi connectivity index (χ4v) is 2.05. The van der Waals surface area contributed by atoms with Gasteiger partial charge in [0.1, 0.15) is 6.61 Å². The normalized spacial score (nSPS) is 22.5. The van der Waals surface area contributed by atoms with Crippen molar-refractivity contribution in [2.75, 3.05) is 26.2 Å². The lowest BCUT2D eigenvalue weighted by Crippen LogP contribution is -2.31. The molecule has 0 radical (unpaired) electrons. The maximum Gasteiger partial charge on any atom is 0.333 e. The van der Waals surface area contributed by atoms with Crippen LogP contribution in [0.3, 0.4) is 0 Å². The van der Waals surface area contributed by atoms with Crippen molar-refractivity contribution in [2.24, 2.45) is 5.92 Å². The first-order valence-corrected chi connectivity index (χ1v) is 6.14. The van der Waals surface area contributed by atoms with E-state index in [0.717, 1.165) is 25.6 Å². The van der Waals surface area contributed by atoms with Crippen LogP contribution in [-0.4, -0.2) is 37.1 Å². The Labute approximate surface area is 98.5 Å². The third kappa shape index (κ3) is 4.79. The zero-order valence-corrected chi connectivity index (χ0v) is 10.5. The molecule has 0 aromatic carbocycles. The molecule has 16 heavy (non-hydrogen) atoms. The zero-order chi connectivity index (χ0) is 12.0. The summed E-state index contributed by atoms with van der Waals surface area (Å²) >= 11 is 0. The molecule has 1 atom stereocenters. The van der Waals surface area contributed by atoms with Crippen molar-refractivity contribution in [3.63, 3.8) is 0 Å². The number of ether oxygens (including phenoxy) is 1. The first-order valence-electron chi connectivity index (χ1n) is 6.14. The van der Waals surface area contributed by atoms with Crippen molar-refractivity contribution in [3.05, 3.63) is 12.2 Å². The van der Waals surface area contributed by atoms with Gasteiger partial charge in [0.2, 0.25) is 0 Å². The van der Waals surface area contributed by atoms with E-state index < -0.39 is 0 Å². The molecule has 0 amide bonds. The van der Waals surface area contributed by atoms with E-state index in [1.165, 1.54) is 19.3 Å². The monoisotopic (exact) mass is 225 g/mol. The lowest BCUT2D eigenvalue weighted by Gasteiger charge is -2.21. The molecular formula is C13H23NO2. The molecule has 92 valence electrons. The molecule has 0 unspecified atom stereocenters. The quantitative estimate of drug-likeness (QED) is 0.543. The molecule has 0 N–H and O–H groups in total. The second kappa shape index (κ2) is 6.69. The molecule has 0 aromatic rings. The van der Waals surface area contributed by atoms with Crippen molar-refractivity contribution in [3.8, 4) is 0 Å². The highest BCUT2D eigenvalue weighted by atomic mass is 16.5. The average molecular weight is 225 g/mol. The van der Waals surface area contributed by atoms with Gasteiger partial charge in [-0.05, 0) is 32.2 Å². The van der Waals surface area contributed by atoms with Crippen LogP contribution in [0, 0.1) is 5.92 Å². The lowest BCUT2D eigenvalue weighted by molar-refractivity contribution is -0.139. The van der Waals surface area contributed by atoms with Gasteiger partial charge in [0.05, 0.1) is 0 Å². The Balaban J connectivity index is 2.21.